The monoisotopic (exact) mass is 279 g/mol. The number of aryl methyl sites for hydroxylation is 1. The third-order valence-electron chi connectivity index (χ3n) is 2.54. The van der Waals surface area contributed by atoms with Crippen molar-refractivity contribution in [2.45, 2.75) is 34.1 Å². The van der Waals surface area contributed by atoms with Gasteiger partial charge in [0.1, 0.15) is 5.82 Å². The molecule has 1 rings (SSSR count). The van der Waals surface area contributed by atoms with E-state index >= 15 is 0 Å². The van der Waals surface area contributed by atoms with Gasteiger partial charge in [-0.3, -0.25) is 4.79 Å². The highest BCUT2D eigenvalue weighted by molar-refractivity contribution is 5.76. The van der Waals surface area contributed by atoms with Crippen molar-refractivity contribution in [1.29, 1.82) is 0 Å². The number of hydrogen-bond acceptors (Lipinski definition) is 5. The highest BCUT2D eigenvalue weighted by Crippen LogP contribution is 2.08. The molecule has 0 radical (unpaired) electrons. The lowest BCUT2D eigenvalue weighted by Crippen LogP contribution is -2.29. The van der Waals surface area contributed by atoms with E-state index in [2.05, 4.69) is 25.9 Å². The van der Waals surface area contributed by atoms with Gasteiger partial charge < -0.3 is 16.0 Å². The number of rotatable bonds is 8. The van der Waals surface area contributed by atoms with E-state index in [4.69, 9.17) is 0 Å². The molecule has 6 nitrogen and oxygen atoms in total. The van der Waals surface area contributed by atoms with Crippen LogP contribution in [0.25, 0.3) is 0 Å². The van der Waals surface area contributed by atoms with Crippen molar-refractivity contribution in [3.63, 3.8) is 0 Å². The molecule has 0 aromatic carbocycles. The summed E-state index contributed by atoms with van der Waals surface area (Å²) in [5.41, 5.74) is 0.905. The van der Waals surface area contributed by atoms with Gasteiger partial charge in [0.15, 0.2) is 0 Å². The zero-order chi connectivity index (χ0) is 15.0. The van der Waals surface area contributed by atoms with Crippen LogP contribution >= 0.6 is 0 Å². The number of aromatic nitrogens is 2. The largest absolute Gasteiger partial charge is 0.370 e. The van der Waals surface area contributed by atoms with Gasteiger partial charge >= 0.3 is 0 Å². The third kappa shape index (κ3) is 6.36. The van der Waals surface area contributed by atoms with Crippen molar-refractivity contribution in [3.05, 3.63) is 11.8 Å². The summed E-state index contributed by atoms with van der Waals surface area (Å²) in [6, 6.07) is 1.90. The molecule has 0 aliphatic rings. The van der Waals surface area contributed by atoms with Gasteiger partial charge in [0.2, 0.25) is 11.9 Å². The zero-order valence-electron chi connectivity index (χ0n) is 12.8. The first kappa shape index (κ1) is 16.2. The van der Waals surface area contributed by atoms with Gasteiger partial charge in [-0.2, -0.15) is 4.98 Å². The minimum Gasteiger partial charge on any atom is -0.370 e. The molecule has 6 heteroatoms. The Bertz CT molecular complexity index is 434. The summed E-state index contributed by atoms with van der Waals surface area (Å²) in [5.74, 6) is 1.86. The quantitative estimate of drug-likeness (QED) is 0.632. The molecule has 3 N–H and O–H groups in total. The minimum atomic E-state index is 0.0836. The molecule has 0 aliphatic heterocycles. The van der Waals surface area contributed by atoms with Gasteiger partial charge in [0.05, 0.1) is 0 Å². The second-order valence-electron chi connectivity index (χ2n) is 5.12. The molecule has 0 aliphatic carbocycles. The van der Waals surface area contributed by atoms with Crippen molar-refractivity contribution >= 4 is 17.7 Å². The number of nitrogens with one attached hydrogen (secondary N) is 3. The summed E-state index contributed by atoms with van der Waals surface area (Å²) in [6.07, 6.45) is 0.561. The lowest BCUT2D eigenvalue weighted by Gasteiger charge is -2.10. The summed E-state index contributed by atoms with van der Waals surface area (Å²) in [5, 5.41) is 9.14. The van der Waals surface area contributed by atoms with Crippen LogP contribution in [0.5, 0.6) is 0 Å². The van der Waals surface area contributed by atoms with Gasteiger partial charge in [0, 0.05) is 37.8 Å². The van der Waals surface area contributed by atoms with Crippen LogP contribution in [0.15, 0.2) is 6.07 Å². The molecule has 1 aromatic heterocycles. The molecule has 0 saturated carbocycles. The van der Waals surface area contributed by atoms with Crippen LogP contribution in [0.1, 0.15) is 32.9 Å². The second-order valence-corrected chi connectivity index (χ2v) is 5.12. The molecule has 112 valence electrons. The van der Waals surface area contributed by atoms with E-state index in [-0.39, 0.29) is 5.91 Å². The van der Waals surface area contributed by atoms with E-state index in [1.807, 2.05) is 33.8 Å². The Morgan fingerprint density at radius 3 is 2.65 bits per heavy atom. The Balaban J connectivity index is 2.36. The maximum absolute atomic E-state index is 11.5. The Hall–Kier alpha value is -1.85. The average molecular weight is 279 g/mol. The standard InChI is InChI=1S/C14H25N5O/c1-5-15-12-9-11(4)18-14(19-12)17-7-6-16-13(20)8-10(2)3/h9-10H,5-8H2,1-4H3,(H,16,20)(H2,15,17,18,19). The first-order valence-electron chi connectivity index (χ1n) is 7.11. The molecular formula is C14H25N5O. The van der Waals surface area contributed by atoms with E-state index in [0.717, 1.165) is 18.1 Å². The highest BCUT2D eigenvalue weighted by atomic mass is 16.1. The molecule has 0 bridgehead atoms. The van der Waals surface area contributed by atoms with Crippen LogP contribution in [0.2, 0.25) is 0 Å². The van der Waals surface area contributed by atoms with Crippen LogP contribution in [0.4, 0.5) is 11.8 Å². The smallest absolute Gasteiger partial charge is 0.224 e. The average Bonchev–Trinajstić information content (AvgIpc) is 2.33. The van der Waals surface area contributed by atoms with Crippen molar-refractivity contribution in [1.82, 2.24) is 15.3 Å². The first-order chi connectivity index (χ1) is 9.51. The minimum absolute atomic E-state index is 0.0836. The lowest BCUT2D eigenvalue weighted by molar-refractivity contribution is -0.121. The van der Waals surface area contributed by atoms with Gasteiger partial charge in [-0.15, -0.1) is 0 Å². The maximum Gasteiger partial charge on any atom is 0.224 e. The molecule has 1 heterocycles. The van der Waals surface area contributed by atoms with Crippen LogP contribution in [0.3, 0.4) is 0 Å². The summed E-state index contributed by atoms with van der Waals surface area (Å²) in [6.45, 7) is 10.0. The molecular weight excluding hydrogens is 254 g/mol. The van der Waals surface area contributed by atoms with Crippen molar-refractivity contribution in [3.8, 4) is 0 Å². The van der Waals surface area contributed by atoms with Gasteiger partial charge in [-0.25, -0.2) is 4.98 Å². The summed E-state index contributed by atoms with van der Waals surface area (Å²) in [7, 11) is 0. The number of carbonyl (C=O) groups excluding carboxylic acids is 1. The number of anilines is 2. The Labute approximate surface area is 120 Å². The zero-order valence-corrected chi connectivity index (χ0v) is 12.8. The van der Waals surface area contributed by atoms with Gasteiger partial charge in [-0.1, -0.05) is 13.8 Å². The molecule has 0 saturated heterocycles. The molecule has 20 heavy (non-hydrogen) atoms. The molecule has 0 fully saturated rings. The third-order valence-corrected chi connectivity index (χ3v) is 2.54. The summed E-state index contributed by atoms with van der Waals surface area (Å²) < 4.78 is 0. The molecule has 0 atom stereocenters. The van der Waals surface area contributed by atoms with E-state index in [1.165, 1.54) is 0 Å². The molecule has 1 aromatic rings. The Morgan fingerprint density at radius 2 is 2.00 bits per heavy atom. The van der Waals surface area contributed by atoms with Crippen molar-refractivity contribution in [2.24, 2.45) is 5.92 Å². The molecule has 1 amide bonds. The van der Waals surface area contributed by atoms with Crippen LogP contribution in [-0.2, 0) is 4.79 Å². The van der Waals surface area contributed by atoms with Gasteiger partial charge in [0.25, 0.3) is 0 Å². The molecule has 0 spiro atoms. The van der Waals surface area contributed by atoms with Crippen LogP contribution < -0.4 is 16.0 Å². The summed E-state index contributed by atoms with van der Waals surface area (Å²) in [4.78, 5) is 20.1. The predicted octanol–water partition coefficient (Wildman–Crippen LogP) is 1.79. The number of hydrogen-bond donors (Lipinski definition) is 3. The van der Waals surface area contributed by atoms with E-state index in [0.29, 0.717) is 31.4 Å². The Morgan fingerprint density at radius 1 is 1.25 bits per heavy atom. The topological polar surface area (TPSA) is 78.9 Å². The SMILES string of the molecule is CCNc1cc(C)nc(NCCNC(=O)CC(C)C)n1. The predicted molar refractivity (Wildman–Crippen MR) is 81.9 cm³/mol. The van der Waals surface area contributed by atoms with Crippen LogP contribution in [0, 0.1) is 12.8 Å². The first-order valence-corrected chi connectivity index (χ1v) is 7.11. The molecule has 0 unspecified atom stereocenters. The fourth-order valence-corrected chi connectivity index (χ4v) is 1.74. The number of carbonyl (C=O) groups is 1. The number of nitrogens with zero attached hydrogens (tertiary/aromatic N) is 2. The fraction of sp³-hybridized carbons (Fsp3) is 0.643. The second kappa shape index (κ2) is 8.35. The van der Waals surface area contributed by atoms with Crippen molar-refractivity contribution in [2.75, 3.05) is 30.3 Å². The normalized spacial score (nSPS) is 10.4. The maximum atomic E-state index is 11.5. The highest BCUT2D eigenvalue weighted by Gasteiger charge is 2.04. The van der Waals surface area contributed by atoms with E-state index < -0.39 is 0 Å². The van der Waals surface area contributed by atoms with E-state index in [1.54, 1.807) is 0 Å². The van der Waals surface area contributed by atoms with Gasteiger partial charge in [-0.05, 0) is 19.8 Å². The Kier molecular flexibility index (Phi) is 6.76. The van der Waals surface area contributed by atoms with Crippen molar-refractivity contribution < 1.29 is 4.79 Å². The van der Waals surface area contributed by atoms with Crippen LogP contribution in [-0.4, -0.2) is 35.5 Å². The lowest BCUT2D eigenvalue weighted by atomic mass is 10.1. The van der Waals surface area contributed by atoms with E-state index in [9.17, 15) is 4.79 Å². The summed E-state index contributed by atoms with van der Waals surface area (Å²) >= 11 is 0. The number of amides is 1. The fourth-order valence-electron chi connectivity index (χ4n) is 1.74.